The smallest absolute Gasteiger partial charge is 0.307 e. The molecule has 1 N–H and O–H groups in total. The third kappa shape index (κ3) is 2.88. The molecular formula is C12H9BrN2O2. The van der Waals surface area contributed by atoms with Gasteiger partial charge in [-0.2, -0.15) is 0 Å². The van der Waals surface area contributed by atoms with Gasteiger partial charge in [-0.25, -0.2) is 9.97 Å². The molecule has 2 rings (SSSR count). The predicted octanol–water partition coefficient (Wildman–Crippen LogP) is 2.53. The summed E-state index contributed by atoms with van der Waals surface area (Å²) in [6, 6.07) is 7.61. The minimum Gasteiger partial charge on any atom is -0.481 e. The summed E-state index contributed by atoms with van der Waals surface area (Å²) in [4.78, 5) is 18.8. The number of carbonyl (C=O) groups is 1. The quantitative estimate of drug-likeness (QED) is 0.944. The summed E-state index contributed by atoms with van der Waals surface area (Å²) in [6.45, 7) is 0. The molecule has 5 heteroatoms. The second-order valence-corrected chi connectivity index (χ2v) is 4.32. The molecule has 4 nitrogen and oxygen atoms in total. The van der Waals surface area contributed by atoms with Crippen LogP contribution in [0.25, 0.3) is 11.4 Å². The highest BCUT2D eigenvalue weighted by Gasteiger charge is 2.06. The molecule has 0 fully saturated rings. The first-order chi connectivity index (χ1) is 8.16. The standard InChI is InChI=1S/C12H9BrN2O2/c13-10-4-2-1-3-9(10)12-14-6-8(7-15-12)5-11(16)17/h1-4,6-7H,5H2,(H,16,17). The van der Waals surface area contributed by atoms with E-state index in [2.05, 4.69) is 25.9 Å². The van der Waals surface area contributed by atoms with Crippen molar-refractivity contribution >= 4 is 21.9 Å². The summed E-state index contributed by atoms with van der Waals surface area (Å²) in [7, 11) is 0. The van der Waals surface area contributed by atoms with E-state index in [4.69, 9.17) is 5.11 Å². The van der Waals surface area contributed by atoms with Gasteiger partial charge in [-0.05, 0) is 11.6 Å². The molecule has 1 heterocycles. The monoisotopic (exact) mass is 292 g/mol. The van der Waals surface area contributed by atoms with Crippen molar-refractivity contribution < 1.29 is 9.90 Å². The van der Waals surface area contributed by atoms with Crippen LogP contribution in [-0.2, 0) is 11.2 Å². The molecule has 0 aliphatic rings. The Kier molecular flexibility index (Phi) is 3.49. The number of carboxylic acids is 1. The fourth-order valence-corrected chi connectivity index (χ4v) is 1.86. The van der Waals surface area contributed by atoms with E-state index in [1.165, 1.54) is 12.4 Å². The van der Waals surface area contributed by atoms with E-state index in [0.29, 0.717) is 11.4 Å². The van der Waals surface area contributed by atoms with E-state index < -0.39 is 5.97 Å². The van der Waals surface area contributed by atoms with Crippen LogP contribution in [0.15, 0.2) is 41.1 Å². The number of aliphatic carboxylic acids is 1. The van der Waals surface area contributed by atoms with E-state index in [9.17, 15) is 4.79 Å². The van der Waals surface area contributed by atoms with Gasteiger partial charge >= 0.3 is 5.97 Å². The van der Waals surface area contributed by atoms with Gasteiger partial charge in [0.1, 0.15) is 0 Å². The molecule has 0 spiro atoms. The van der Waals surface area contributed by atoms with Crippen molar-refractivity contribution in [2.24, 2.45) is 0 Å². The van der Waals surface area contributed by atoms with Gasteiger partial charge in [-0.1, -0.05) is 34.1 Å². The molecule has 0 bridgehead atoms. The highest BCUT2D eigenvalue weighted by Crippen LogP contribution is 2.24. The van der Waals surface area contributed by atoms with Crippen LogP contribution in [0.4, 0.5) is 0 Å². The Morgan fingerprint density at radius 2 is 1.88 bits per heavy atom. The summed E-state index contributed by atoms with van der Waals surface area (Å²) < 4.78 is 0.908. The molecule has 0 amide bonds. The van der Waals surface area contributed by atoms with Crippen molar-refractivity contribution in [3.05, 3.63) is 46.7 Å². The van der Waals surface area contributed by atoms with Crippen molar-refractivity contribution in [2.45, 2.75) is 6.42 Å². The van der Waals surface area contributed by atoms with Gasteiger partial charge in [0.25, 0.3) is 0 Å². The number of nitrogens with zero attached hydrogens (tertiary/aromatic N) is 2. The first kappa shape index (κ1) is 11.7. The molecule has 0 saturated carbocycles. The number of aromatic nitrogens is 2. The lowest BCUT2D eigenvalue weighted by atomic mass is 10.2. The first-order valence-corrected chi connectivity index (χ1v) is 5.74. The molecule has 17 heavy (non-hydrogen) atoms. The zero-order valence-electron chi connectivity index (χ0n) is 8.80. The summed E-state index contributed by atoms with van der Waals surface area (Å²) in [5.41, 5.74) is 1.47. The Bertz CT molecular complexity index is 540. The molecular weight excluding hydrogens is 284 g/mol. The molecule has 1 aromatic carbocycles. The fraction of sp³-hybridized carbons (Fsp3) is 0.0833. The van der Waals surface area contributed by atoms with Crippen molar-refractivity contribution in [1.29, 1.82) is 0 Å². The average Bonchev–Trinajstić information content (AvgIpc) is 2.30. The molecule has 0 radical (unpaired) electrons. The summed E-state index contributed by atoms with van der Waals surface area (Å²) >= 11 is 3.42. The van der Waals surface area contributed by atoms with Crippen molar-refractivity contribution in [3.8, 4) is 11.4 Å². The maximum atomic E-state index is 10.5. The van der Waals surface area contributed by atoms with Crippen molar-refractivity contribution in [2.75, 3.05) is 0 Å². The van der Waals surface area contributed by atoms with Crippen molar-refractivity contribution in [3.63, 3.8) is 0 Å². The third-order valence-electron chi connectivity index (χ3n) is 2.18. The molecule has 86 valence electrons. The predicted molar refractivity (Wildman–Crippen MR) is 66.5 cm³/mol. The normalized spacial score (nSPS) is 10.2. The van der Waals surface area contributed by atoms with Crippen LogP contribution in [0.2, 0.25) is 0 Å². The highest BCUT2D eigenvalue weighted by molar-refractivity contribution is 9.10. The van der Waals surface area contributed by atoms with E-state index in [0.717, 1.165) is 10.0 Å². The maximum absolute atomic E-state index is 10.5. The fourth-order valence-electron chi connectivity index (χ4n) is 1.40. The van der Waals surface area contributed by atoms with Crippen LogP contribution in [0.1, 0.15) is 5.56 Å². The van der Waals surface area contributed by atoms with Gasteiger partial charge in [0, 0.05) is 22.4 Å². The van der Waals surface area contributed by atoms with Gasteiger partial charge in [0.15, 0.2) is 5.82 Å². The number of carboxylic acid groups (broad SMARTS) is 1. The van der Waals surface area contributed by atoms with Gasteiger partial charge in [0.05, 0.1) is 6.42 Å². The Morgan fingerprint density at radius 3 is 2.47 bits per heavy atom. The van der Waals surface area contributed by atoms with Crippen molar-refractivity contribution in [1.82, 2.24) is 9.97 Å². The Labute approximate surface area is 106 Å². The minimum absolute atomic E-state index is 0.0593. The second kappa shape index (κ2) is 5.05. The number of hydrogen-bond donors (Lipinski definition) is 1. The molecule has 2 aromatic rings. The molecule has 0 saturated heterocycles. The second-order valence-electron chi connectivity index (χ2n) is 3.47. The number of halogens is 1. The van der Waals surface area contributed by atoms with Gasteiger partial charge in [0.2, 0.25) is 0 Å². The molecule has 1 aromatic heterocycles. The first-order valence-electron chi connectivity index (χ1n) is 4.94. The van der Waals surface area contributed by atoms with E-state index in [1.807, 2.05) is 24.3 Å². The molecule has 0 atom stereocenters. The van der Waals surface area contributed by atoms with E-state index in [1.54, 1.807) is 0 Å². The Hall–Kier alpha value is -1.75. The highest BCUT2D eigenvalue weighted by atomic mass is 79.9. The average molecular weight is 293 g/mol. The third-order valence-corrected chi connectivity index (χ3v) is 2.87. The van der Waals surface area contributed by atoms with Crippen LogP contribution < -0.4 is 0 Å². The van der Waals surface area contributed by atoms with E-state index >= 15 is 0 Å². The summed E-state index contributed by atoms with van der Waals surface area (Å²) in [6.07, 6.45) is 3.02. The lowest BCUT2D eigenvalue weighted by Crippen LogP contribution is -2.01. The van der Waals surface area contributed by atoms with Crippen LogP contribution in [0, 0.1) is 0 Å². The van der Waals surface area contributed by atoms with Gasteiger partial charge in [-0.3, -0.25) is 4.79 Å². The van der Waals surface area contributed by atoms with Crippen LogP contribution in [0.3, 0.4) is 0 Å². The summed E-state index contributed by atoms with van der Waals surface area (Å²) in [5, 5.41) is 8.63. The number of benzene rings is 1. The number of hydrogen-bond acceptors (Lipinski definition) is 3. The lowest BCUT2D eigenvalue weighted by Gasteiger charge is -2.03. The molecule has 0 unspecified atom stereocenters. The zero-order valence-corrected chi connectivity index (χ0v) is 10.4. The molecule has 0 aliphatic carbocycles. The van der Waals surface area contributed by atoms with Gasteiger partial charge < -0.3 is 5.11 Å². The SMILES string of the molecule is O=C(O)Cc1cnc(-c2ccccc2Br)nc1. The summed E-state index contributed by atoms with van der Waals surface area (Å²) in [5.74, 6) is -0.311. The van der Waals surface area contributed by atoms with Crippen LogP contribution in [0.5, 0.6) is 0 Å². The van der Waals surface area contributed by atoms with Crippen LogP contribution >= 0.6 is 15.9 Å². The lowest BCUT2D eigenvalue weighted by molar-refractivity contribution is -0.136. The van der Waals surface area contributed by atoms with E-state index in [-0.39, 0.29) is 6.42 Å². The van der Waals surface area contributed by atoms with Gasteiger partial charge in [-0.15, -0.1) is 0 Å². The van der Waals surface area contributed by atoms with Crippen LogP contribution in [-0.4, -0.2) is 21.0 Å². The largest absolute Gasteiger partial charge is 0.481 e. The zero-order chi connectivity index (χ0) is 12.3. The Morgan fingerprint density at radius 1 is 1.24 bits per heavy atom. The topological polar surface area (TPSA) is 63.1 Å². The number of rotatable bonds is 3. The minimum atomic E-state index is -0.887. The maximum Gasteiger partial charge on any atom is 0.307 e. The Balaban J connectivity index is 2.30. The molecule has 0 aliphatic heterocycles.